The van der Waals surface area contributed by atoms with Crippen molar-refractivity contribution in [2.45, 2.75) is 13.0 Å². The van der Waals surface area contributed by atoms with Crippen molar-refractivity contribution >= 4 is 33.2 Å². The van der Waals surface area contributed by atoms with Crippen molar-refractivity contribution in [2.24, 2.45) is 0 Å². The van der Waals surface area contributed by atoms with E-state index >= 15 is 0 Å². The first-order chi connectivity index (χ1) is 7.85. The minimum atomic E-state index is -3.32. The minimum absolute atomic E-state index is 0.0337. The van der Waals surface area contributed by atoms with Gasteiger partial charge in [0.1, 0.15) is 0 Å². The van der Waals surface area contributed by atoms with Crippen LogP contribution in [0.2, 0.25) is 10.0 Å². The predicted octanol–water partition coefficient (Wildman–Crippen LogP) is 1.97. The van der Waals surface area contributed by atoms with Crippen LogP contribution in [0.15, 0.2) is 18.2 Å². The molecule has 1 atom stereocenters. The Labute approximate surface area is 111 Å². The highest BCUT2D eigenvalue weighted by Gasteiger charge is 2.15. The topological polar surface area (TPSA) is 66.4 Å². The van der Waals surface area contributed by atoms with E-state index in [1.165, 1.54) is 13.0 Å². The van der Waals surface area contributed by atoms with E-state index < -0.39 is 16.1 Å². The normalized spacial score (nSPS) is 13.6. The van der Waals surface area contributed by atoms with Gasteiger partial charge in [0.2, 0.25) is 10.0 Å². The van der Waals surface area contributed by atoms with Gasteiger partial charge in [0.15, 0.2) is 0 Å². The summed E-state index contributed by atoms with van der Waals surface area (Å²) in [6, 6.07) is 4.64. The van der Waals surface area contributed by atoms with E-state index in [0.29, 0.717) is 15.6 Å². The third kappa shape index (κ3) is 4.44. The van der Waals surface area contributed by atoms with Crippen LogP contribution >= 0.6 is 23.2 Å². The Hall–Kier alpha value is -0.330. The lowest BCUT2D eigenvalue weighted by molar-refractivity contribution is 0.182. The van der Waals surface area contributed by atoms with Crippen molar-refractivity contribution in [3.63, 3.8) is 0 Å². The Morgan fingerprint density at radius 2 is 2.06 bits per heavy atom. The van der Waals surface area contributed by atoms with Crippen LogP contribution in [0.4, 0.5) is 0 Å². The Kier molecular flexibility index (Phi) is 5.22. The maximum absolute atomic E-state index is 11.2. The van der Waals surface area contributed by atoms with Crippen molar-refractivity contribution < 1.29 is 13.5 Å². The van der Waals surface area contributed by atoms with Gasteiger partial charge in [-0.05, 0) is 19.1 Å². The van der Waals surface area contributed by atoms with Gasteiger partial charge in [0.25, 0.3) is 0 Å². The molecule has 0 saturated carbocycles. The average molecular weight is 298 g/mol. The van der Waals surface area contributed by atoms with E-state index in [1.807, 2.05) is 0 Å². The Morgan fingerprint density at radius 3 is 2.59 bits per heavy atom. The monoisotopic (exact) mass is 297 g/mol. The zero-order valence-electron chi connectivity index (χ0n) is 9.15. The summed E-state index contributed by atoms with van der Waals surface area (Å²) in [5, 5.41) is 10.6. The van der Waals surface area contributed by atoms with Gasteiger partial charge >= 0.3 is 0 Å². The van der Waals surface area contributed by atoms with Crippen LogP contribution < -0.4 is 4.72 Å². The lowest BCUT2D eigenvalue weighted by Gasteiger charge is -2.13. The van der Waals surface area contributed by atoms with E-state index in [0.717, 1.165) is 0 Å². The lowest BCUT2D eigenvalue weighted by Crippen LogP contribution is -2.29. The summed E-state index contributed by atoms with van der Waals surface area (Å²) in [5.41, 5.74) is 0.440. The molecule has 0 saturated heterocycles. The average Bonchev–Trinajstić information content (AvgIpc) is 2.26. The maximum atomic E-state index is 11.2. The molecule has 7 heteroatoms. The van der Waals surface area contributed by atoms with Crippen LogP contribution in [0.5, 0.6) is 0 Å². The van der Waals surface area contributed by atoms with Crippen LogP contribution in [0.1, 0.15) is 18.6 Å². The molecule has 17 heavy (non-hydrogen) atoms. The molecule has 1 unspecified atom stereocenters. The molecule has 2 N–H and O–H groups in total. The molecule has 0 spiro atoms. The van der Waals surface area contributed by atoms with Crippen molar-refractivity contribution in [1.82, 2.24) is 4.72 Å². The number of hydrogen-bond acceptors (Lipinski definition) is 3. The number of nitrogens with one attached hydrogen (secondary N) is 1. The summed E-state index contributed by atoms with van der Waals surface area (Å²) in [6.45, 7) is 1.40. The van der Waals surface area contributed by atoms with Gasteiger partial charge in [-0.2, -0.15) is 0 Å². The van der Waals surface area contributed by atoms with E-state index in [9.17, 15) is 13.5 Å². The molecule has 0 aliphatic heterocycles. The molecule has 0 amide bonds. The van der Waals surface area contributed by atoms with Crippen LogP contribution in [0, 0.1) is 0 Å². The van der Waals surface area contributed by atoms with E-state index in [4.69, 9.17) is 23.2 Å². The molecule has 0 fully saturated rings. The second-order valence-corrected chi connectivity index (χ2v) is 6.37. The molecule has 0 aliphatic rings. The Morgan fingerprint density at radius 1 is 1.41 bits per heavy atom. The fourth-order valence-electron chi connectivity index (χ4n) is 1.19. The van der Waals surface area contributed by atoms with Gasteiger partial charge in [-0.3, -0.25) is 0 Å². The summed E-state index contributed by atoms with van der Waals surface area (Å²) in [5.74, 6) is -0.0337. The summed E-state index contributed by atoms with van der Waals surface area (Å²) in [4.78, 5) is 0. The Balaban J connectivity index is 2.74. The Bertz CT molecular complexity index is 490. The second-order valence-electron chi connectivity index (χ2n) is 3.43. The highest BCUT2D eigenvalue weighted by atomic mass is 35.5. The SMILES string of the molecule is CCS(=O)(=O)NCC(O)c1ccc(Cl)cc1Cl. The zero-order valence-corrected chi connectivity index (χ0v) is 11.5. The quantitative estimate of drug-likeness (QED) is 0.873. The fraction of sp³-hybridized carbons (Fsp3) is 0.400. The molecule has 1 rings (SSSR count). The molecule has 96 valence electrons. The predicted molar refractivity (Wildman–Crippen MR) is 68.9 cm³/mol. The lowest BCUT2D eigenvalue weighted by atomic mass is 10.1. The highest BCUT2D eigenvalue weighted by molar-refractivity contribution is 7.89. The molecule has 0 aliphatic carbocycles. The first-order valence-corrected chi connectivity index (χ1v) is 7.37. The van der Waals surface area contributed by atoms with E-state index in [1.54, 1.807) is 12.1 Å². The molecule has 0 bridgehead atoms. The van der Waals surface area contributed by atoms with Crippen molar-refractivity contribution in [2.75, 3.05) is 12.3 Å². The minimum Gasteiger partial charge on any atom is -0.387 e. The standard InChI is InChI=1S/C10H13Cl2NO3S/c1-2-17(15,16)13-6-10(14)8-4-3-7(11)5-9(8)12/h3-5,10,13-14H,2,6H2,1H3. The highest BCUT2D eigenvalue weighted by Crippen LogP contribution is 2.25. The van der Waals surface area contributed by atoms with Crippen molar-refractivity contribution in [3.8, 4) is 0 Å². The molecule has 0 heterocycles. The molecule has 4 nitrogen and oxygen atoms in total. The number of rotatable bonds is 5. The first-order valence-electron chi connectivity index (χ1n) is 4.96. The maximum Gasteiger partial charge on any atom is 0.211 e. The van der Waals surface area contributed by atoms with Crippen LogP contribution in [-0.4, -0.2) is 25.8 Å². The van der Waals surface area contributed by atoms with Gasteiger partial charge in [-0.15, -0.1) is 0 Å². The van der Waals surface area contributed by atoms with Gasteiger partial charge in [0.05, 0.1) is 11.9 Å². The van der Waals surface area contributed by atoms with Gasteiger partial charge < -0.3 is 5.11 Å². The number of hydrogen-bond donors (Lipinski definition) is 2. The summed E-state index contributed by atoms with van der Waals surface area (Å²) in [6.07, 6.45) is -0.999. The van der Waals surface area contributed by atoms with Gasteiger partial charge in [-0.1, -0.05) is 29.3 Å². The van der Waals surface area contributed by atoms with Gasteiger partial charge in [-0.25, -0.2) is 13.1 Å². The van der Waals surface area contributed by atoms with Gasteiger partial charge in [0, 0.05) is 22.2 Å². The zero-order chi connectivity index (χ0) is 13.1. The van der Waals surface area contributed by atoms with E-state index in [2.05, 4.69) is 4.72 Å². The molecule has 0 aromatic heterocycles. The molecular weight excluding hydrogens is 285 g/mol. The molecular formula is C10H13Cl2NO3S. The smallest absolute Gasteiger partial charge is 0.211 e. The third-order valence-corrected chi connectivity index (χ3v) is 4.13. The molecule has 1 aromatic carbocycles. The number of aliphatic hydroxyl groups is 1. The number of aliphatic hydroxyl groups excluding tert-OH is 1. The van der Waals surface area contributed by atoms with Crippen LogP contribution in [-0.2, 0) is 10.0 Å². The van der Waals surface area contributed by atoms with Crippen molar-refractivity contribution in [3.05, 3.63) is 33.8 Å². The number of benzene rings is 1. The number of halogens is 2. The van der Waals surface area contributed by atoms with E-state index in [-0.39, 0.29) is 12.3 Å². The summed E-state index contributed by atoms with van der Waals surface area (Å²) >= 11 is 11.6. The fourth-order valence-corrected chi connectivity index (χ4v) is 2.34. The second kappa shape index (κ2) is 6.02. The summed E-state index contributed by atoms with van der Waals surface area (Å²) < 4.78 is 24.7. The number of sulfonamides is 1. The van der Waals surface area contributed by atoms with Crippen LogP contribution in [0.3, 0.4) is 0 Å². The summed E-state index contributed by atoms with van der Waals surface area (Å²) in [7, 11) is -3.32. The third-order valence-electron chi connectivity index (χ3n) is 2.20. The van der Waals surface area contributed by atoms with Crippen molar-refractivity contribution in [1.29, 1.82) is 0 Å². The first kappa shape index (κ1) is 14.7. The van der Waals surface area contributed by atoms with Crippen LogP contribution in [0.25, 0.3) is 0 Å². The molecule has 1 aromatic rings. The molecule has 0 radical (unpaired) electrons. The largest absolute Gasteiger partial charge is 0.387 e.